The summed E-state index contributed by atoms with van der Waals surface area (Å²) in [7, 11) is 0. The van der Waals surface area contributed by atoms with Gasteiger partial charge in [0.2, 0.25) is 0 Å². The quantitative estimate of drug-likeness (QED) is 0.778. The van der Waals surface area contributed by atoms with Crippen molar-refractivity contribution in [2.75, 3.05) is 0 Å². The number of rotatable bonds is 4. The van der Waals surface area contributed by atoms with Crippen molar-refractivity contribution < 1.29 is 4.79 Å². The van der Waals surface area contributed by atoms with E-state index in [2.05, 4.69) is 15.7 Å². The number of carbonyl (C=O) groups excluding carboxylic acids is 1. The topological polar surface area (TPSA) is 58.4 Å². The molecule has 0 saturated heterocycles. The van der Waals surface area contributed by atoms with Crippen molar-refractivity contribution in [3.8, 4) is 0 Å². The monoisotopic (exact) mass is 314 g/mol. The third kappa shape index (κ3) is 3.56. The van der Waals surface area contributed by atoms with E-state index in [0.717, 1.165) is 16.8 Å². The van der Waals surface area contributed by atoms with Crippen LogP contribution >= 0.6 is 11.6 Å². The molecule has 112 valence electrons. The van der Waals surface area contributed by atoms with E-state index in [4.69, 9.17) is 11.6 Å². The second kappa shape index (κ2) is 6.49. The summed E-state index contributed by atoms with van der Waals surface area (Å²) < 4.78 is 1.78. The number of fused-ring (bicyclic) bond motifs is 1. The average Bonchev–Trinajstić information content (AvgIpc) is 2.95. The summed E-state index contributed by atoms with van der Waals surface area (Å²) in [5.41, 5.74) is 2.81. The van der Waals surface area contributed by atoms with Crippen LogP contribution in [0.5, 0.6) is 0 Å². The predicted molar refractivity (Wildman–Crippen MR) is 85.7 cm³/mol. The molecule has 3 aromatic rings. The van der Waals surface area contributed by atoms with Crippen LogP contribution in [0.4, 0.5) is 4.79 Å². The first-order valence-corrected chi connectivity index (χ1v) is 7.28. The van der Waals surface area contributed by atoms with Gasteiger partial charge in [0, 0.05) is 17.8 Å². The van der Waals surface area contributed by atoms with Crippen LogP contribution in [-0.4, -0.2) is 15.6 Å². The van der Waals surface area contributed by atoms with Gasteiger partial charge in [-0.1, -0.05) is 29.8 Å². The Morgan fingerprint density at radius 3 is 2.64 bits per heavy atom. The lowest BCUT2D eigenvalue weighted by molar-refractivity contribution is 0.240. The fraction of sp³-hybridized carbons (Fsp3) is 0.125. The van der Waals surface area contributed by atoms with Gasteiger partial charge < -0.3 is 10.6 Å². The Morgan fingerprint density at radius 1 is 1.09 bits per heavy atom. The van der Waals surface area contributed by atoms with Gasteiger partial charge in [-0.15, -0.1) is 0 Å². The maximum Gasteiger partial charge on any atom is 0.315 e. The Labute approximate surface area is 132 Å². The Balaban J connectivity index is 1.50. The molecule has 2 heterocycles. The van der Waals surface area contributed by atoms with Gasteiger partial charge in [0.15, 0.2) is 0 Å². The van der Waals surface area contributed by atoms with Gasteiger partial charge in [0.1, 0.15) is 0 Å². The highest BCUT2D eigenvalue weighted by atomic mass is 35.5. The van der Waals surface area contributed by atoms with E-state index in [1.807, 2.05) is 42.6 Å². The number of amides is 2. The molecule has 0 bridgehead atoms. The number of pyridine rings is 1. The molecule has 3 rings (SSSR count). The number of nitrogens with one attached hydrogen (secondary N) is 2. The van der Waals surface area contributed by atoms with Gasteiger partial charge in [0.25, 0.3) is 0 Å². The molecule has 0 fully saturated rings. The van der Waals surface area contributed by atoms with Gasteiger partial charge in [-0.05, 0) is 35.9 Å². The van der Waals surface area contributed by atoms with Crippen molar-refractivity contribution in [2.24, 2.45) is 0 Å². The highest BCUT2D eigenvalue weighted by Gasteiger charge is 2.04. The van der Waals surface area contributed by atoms with E-state index in [0.29, 0.717) is 18.1 Å². The van der Waals surface area contributed by atoms with E-state index < -0.39 is 0 Å². The molecule has 2 amide bonds. The number of hydrogen-bond acceptors (Lipinski definition) is 2. The van der Waals surface area contributed by atoms with Crippen LogP contribution in [-0.2, 0) is 13.1 Å². The fourth-order valence-electron chi connectivity index (χ4n) is 2.10. The van der Waals surface area contributed by atoms with Gasteiger partial charge >= 0.3 is 6.03 Å². The molecule has 0 unspecified atom stereocenters. The van der Waals surface area contributed by atoms with Crippen LogP contribution in [0.3, 0.4) is 0 Å². The molecule has 0 radical (unpaired) electrons. The van der Waals surface area contributed by atoms with E-state index in [1.165, 1.54) is 0 Å². The van der Waals surface area contributed by atoms with Crippen LogP contribution in [0.1, 0.15) is 11.3 Å². The number of benzene rings is 1. The molecule has 1 aromatic carbocycles. The SMILES string of the molecule is O=C(NCc1ccc(Cl)cc1)NCc1cc2ccccn2n1. The minimum atomic E-state index is -0.230. The molecule has 0 aliphatic carbocycles. The zero-order valence-electron chi connectivity index (χ0n) is 11.8. The lowest BCUT2D eigenvalue weighted by Crippen LogP contribution is -2.34. The molecule has 0 saturated carbocycles. The highest BCUT2D eigenvalue weighted by molar-refractivity contribution is 6.30. The molecule has 0 aliphatic heterocycles. The first-order chi connectivity index (χ1) is 10.7. The number of nitrogens with zero attached hydrogens (tertiary/aromatic N) is 2. The lowest BCUT2D eigenvalue weighted by atomic mass is 10.2. The van der Waals surface area contributed by atoms with Crippen molar-refractivity contribution in [1.82, 2.24) is 20.2 Å². The number of urea groups is 1. The molecule has 2 N–H and O–H groups in total. The Hall–Kier alpha value is -2.53. The molecule has 0 spiro atoms. The first kappa shape index (κ1) is 14.4. The van der Waals surface area contributed by atoms with Crippen molar-refractivity contribution >= 4 is 23.1 Å². The largest absolute Gasteiger partial charge is 0.334 e. The second-order valence-electron chi connectivity index (χ2n) is 4.87. The zero-order chi connectivity index (χ0) is 15.4. The van der Waals surface area contributed by atoms with Crippen LogP contribution in [0.15, 0.2) is 54.7 Å². The summed E-state index contributed by atoms with van der Waals surface area (Å²) in [6, 6.07) is 14.9. The minimum absolute atomic E-state index is 0.230. The van der Waals surface area contributed by atoms with E-state index in [1.54, 1.807) is 16.6 Å². The molecule has 2 aromatic heterocycles. The van der Waals surface area contributed by atoms with E-state index in [9.17, 15) is 4.79 Å². The Kier molecular flexibility index (Phi) is 4.25. The number of carbonyl (C=O) groups is 1. The molecular weight excluding hydrogens is 300 g/mol. The summed E-state index contributed by atoms with van der Waals surface area (Å²) >= 11 is 5.82. The van der Waals surface area contributed by atoms with E-state index >= 15 is 0 Å². The molecule has 0 aliphatic rings. The maximum absolute atomic E-state index is 11.8. The second-order valence-corrected chi connectivity index (χ2v) is 5.30. The zero-order valence-corrected chi connectivity index (χ0v) is 12.5. The first-order valence-electron chi connectivity index (χ1n) is 6.90. The normalized spacial score (nSPS) is 10.6. The van der Waals surface area contributed by atoms with Gasteiger partial charge in [-0.3, -0.25) is 0 Å². The van der Waals surface area contributed by atoms with Crippen LogP contribution in [0.25, 0.3) is 5.52 Å². The van der Waals surface area contributed by atoms with Gasteiger partial charge in [-0.25, -0.2) is 9.31 Å². The predicted octanol–water partition coefficient (Wildman–Crippen LogP) is 2.99. The van der Waals surface area contributed by atoms with Gasteiger partial charge in [0.05, 0.1) is 17.8 Å². The lowest BCUT2D eigenvalue weighted by Gasteiger charge is -2.06. The Morgan fingerprint density at radius 2 is 1.86 bits per heavy atom. The third-order valence-corrected chi connectivity index (χ3v) is 3.47. The van der Waals surface area contributed by atoms with E-state index in [-0.39, 0.29) is 6.03 Å². The highest BCUT2D eigenvalue weighted by Crippen LogP contribution is 2.09. The minimum Gasteiger partial charge on any atom is -0.334 e. The molecule has 22 heavy (non-hydrogen) atoms. The fourth-order valence-corrected chi connectivity index (χ4v) is 2.22. The number of aromatic nitrogens is 2. The van der Waals surface area contributed by atoms with Crippen molar-refractivity contribution in [3.63, 3.8) is 0 Å². The summed E-state index contributed by atoms with van der Waals surface area (Å²) in [5.74, 6) is 0. The van der Waals surface area contributed by atoms with Crippen molar-refractivity contribution in [2.45, 2.75) is 13.1 Å². The number of halogens is 1. The number of hydrogen-bond donors (Lipinski definition) is 2. The summed E-state index contributed by atoms with van der Waals surface area (Å²) in [6.45, 7) is 0.836. The third-order valence-electron chi connectivity index (χ3n) is 3.22. The molecule has 5 nitrogen and oxygen atoms in total. The van der Waals surface area contributed by atoms with Crippen molar-refractivity contribution in [3.05, 3.63) is 71.0 Å². The van der Waals surface area contributed by atoms with Crippen LogP contribution in [0, 0.1) is 0 Å². The average molecular weight is 315 g/mol. The smallest absolute Gasteiger partial charge is 0.315 e. The molecule has 6 heteroatoms. The van der Waals surface area contributed by atoms with Crippen LogP contribution in [0.2, 0.25) is 5.02 Å². The standard InChI is InChI=1S/C16H15ClN4O/c17-13-6-4-12(5-7-13)10-18-16(22)19-11-14-9-15-3-1-2-8-21(15)20-14/h1-9H,10-11H2,(H2,18,19,22). The van der Waals surface area contributed by atoms with Crippen molar-refractivity contribution in [1.29, 1.82) is 0 Å². The van der Waals surface area contributed by atoms with Crippen LogP contribution < -0.4 is 10.6 Å². The molecule has 0 atom stereocenters. The molecular formula is C16H15ClN4O. The summed E-state index contributed by atoms with van der Waals surface area (Å²) in [6.07, 6.45) is 1.87. The van der Waals surface area contributed by atoms with Gasteiger partial charge in [-0.2, -0.15) is 5.10 Å². The summed E-state index contributed by atoms with van der Waals surface area (Å²) in [5, 5.41) is 10.6. The summed E-state index contributed by atoms with van der Waals surface area (Å²) in [4.78, 5) is 11.8. The maximum atomic E-state index is 11.8. The Bertz CT molecular complexity index is 749.